The Morgan fingerprint density at radius 2 is 2.07 bits per heavy atom. The van der Waals surface area contributed by atoms with Gasteiger partial charge in [0.15, 0.2) is 0 Å². The fourth-order valence-corrected chi connectivity index (χ4v) is 1.73. The van der Waals surface area contributed by atoms with Gasteiger partial charge in [0.1, 0.15) is 10.6 Å². The van der Waals surface area contributed by atoms with Crippen molar-refractivity contribution in [2.45, 2.75) is 11.5 Å². The molecule has 6 heteroatoms. The zero-order valence-electron chi connectivity index (χ0n) is 7.47. The van der Waals surface area contributed by atoms with E-state index in [4.69, 9.17) is 14.4 Å². The molecule has 0 unspecified atom stereocenters. The molecule has 0 aliphatic rings. The van der Waals surface area contributed by atoms with E-state index in [2.05, 4.69) is 0 Å². The van der Waals surface area contributed by atoms with E-state index >= 15 is 0 Å². The van der Waals surface area contributed by atoms with Gasteiger partial charge in [-0.15, -0.1) is 0 Å². The Bertz CT molecular complexity index is 423. The zero-order valence-corrected chi connectivity index (χ0v) is 8.28. The minimum Gasteiger partial charge on any atom is -0.495 e. The van der Waals surface area contributed by atoms with Crippen LogP contribution >= 0.6 is 0 Å². The number of benzene rings is 1. The highest BCUT2D eigenvalue weighted by Gasteiger charge is 2.16. The molecule has 78 valence electrons. The van der Waals surface area contributed by atoms with Crippen LogP contribution in [-0.4, -0.2) is 25.2 Å². The molecule has 0 fully saturated rings. The topological polar surface area (TPSA) is 83.8 Å². The van der Waals surface area contributed by atoms with Crippen LogP contribution in [0.3, 0.4) is 0 Å². The highest BCUT2D eigenvalue weighted by molar-refractivity contribution is 7.86. The standard InChI is InChI=1S/C8H10O5S/c1-13-7-3-2-6(5-9)4-8(7)14(10,11)12/h2-4,9H,5H2,1H3,(H,10,11,12). The van der Waals surface area contributed by atoms with Gasteiger partial charge in [-0.1, -0.05) is 6.07 Å². The van der Waals surface area contributed by atoms with E-state index in [-0.39, 0.29) is 17.3 Å². The van der Waals surface area contributed by atoms with Gasteiger partial charge in [0.2, 0.25) is 0 Å². The van der Waals surface area contributed by atoms with Gasteiger partial charge in [0.05, 0.1) is 13.7 Å². The van der Waals surface area contributed by atoms with Crippen molar-refractivity contribution in [2.24, 2.45) is 0 Å². The van der Waals surface area contributed by atoms with Crippen LogP contribution in [0.5, 0.6) is 5.75 Å². The summed E-state index contributed by atoms with van der Waals surface area (Å²) in [5.41, 5.74) is 0.387. The molecule has 0 aliphatic heterocycles. The van der Waals surface area contributed by atoms with Crippen LogP contribution in [0.2, 0.25) is 0 Å². The van der Waals surface area contributed by atoms with Crippen LogP contribution in [0.25, 0.3) is 0 Å². The third kappa shape index (κ3) is 2.22. The van der Waals surface area contributed by atoms with Crippen molar-refractivity contribution >= 4 is 10.1 Å². The van der Waals surface area contributed by atoms with Crippen molar-refractivity contribution in [3.63, 3.8) is 0 Å². The van der Waals surface area contributed by atoms with E-state index in [0.29, 0.717) is 5.56 Å². The monoisotopic (exact) mass is 218 g/mol. The molecule has 0 atom stereocenters. The Labute approximate surface area is 81.7 Å². The van der Waals surface area contributed by atoms with Crippen LogP contribution < -0.4 is 4.74 Å². The first-order valence-corrected chi connectivity index (χ1v) is 5.18. The largest absolute Gasteiger partial charge is 0.495 e. The molecule has 0 aromatic heterocycles. The summed E-state index contributed by atoms with van der Waals surface area (Å²) >= 11 is 0. The fraction of sp³-hybridized carbons (Fsp3) is 0.250. The third-order valence-electron chi connectivity index (χ3n) is 1.69. The number of rotatable bonds is 3. The first-order chi connectivity index (χ1) is 6.49. The Hall–Kier alpha value is -1.11. The molecular weight excluding hydrogens is 208 g/mol. The molecule has 0 amide bonds. The summed E-state index contributed by atoms with van der Waals surface area (Å²) in [5.74, 6) is 0.0460. The molecular formula is C8H10O5S. The van der Waals surface area contributed by atoms with Crippen LogP contribution in [-0.2, 0) is 16.7 Å². The van der Waals surface area contributed by atoms with Crippen molar-refractivity contribution in [3.8, 4) is 5.75 Å². The van der Waals surface area contributed by atoms with Gasteiger partial charge in [0, 0.05) is 0 Å². The van der Waals surface area contributed by atoms with E-state index in [1.54, 1.807) is 0 Å². The molecule has 1 aromatic carbocycles. The number of aliphatic hydroxyl groups excluding tert-OH is 1. The molecule has 1 rings (SSSR count). The van der Waals surface area contributed by atoms with Gasteiger partial charge in [-0.2, -0.15) is 8.42 Å². The Morgan fingerprint density at radius 1 is 1.43 bits per heavy atom. The van der Waals surface area contributed by atoms with E-state index in [1.165, 1.54) is 19.2 Å². The molecule has 14 heavy (non-hydrogen) atoms. The Balaban J connectivity index is 3.37. The number of hydrogen-bond donors (Lipinski definition) is 2. The van der Waals surface area contributed by atoms with E-state index in [1.807, 2.05) is 0 Å². The number of methoxy groups -OCH3 is 1. The van der Waals surface area contributed by atoms with E-state index in [0.717, 1.165) is 6.07 Å². The molecule has 0 saturated carbocycles. The third-order valence-corrected chi connectivity index (χ3v) is 2.56. The molecule has 1 aromatic rings. The molecule has 2 N–H and O–H groups in total. The zero-order chi connectivity index (χ0) is 10.8. The molecule has 0 saturated heterocycles. The second kappa shape index (κ2) is 3.95. The lowest BCUT2D eigenvalue weighted by Crippen LogP contribution is -2.02. The summed E-state index contributed by atoms with van der Waals surface area (Å²) in [6, 6.07) is 4.04. The summed E-state index contributed by atoms with van der Waals surface area (Å²) < 4.78 is 35.3. The van der Waals surface area contributed by atoms with Crippen molar-refractivity contribution in [1.29, 1.82) is 0 Å². The van der Waals surface area contributed by atoms with E-state index < -0.39 is 10.1 Å². The van der Waals surface area contributed by atoms with Crippen LogP contribution in [0.1, 0.15) is 5.56 Å². The second-order valence-corrected chi connectivity index (χ2v) is 4.01. The predicted octanol–water partition coefficient (Wildman–Crippen LogP) is 0.434. The molecule has 0 bridgehead atoms. The summed E-state index contributed by atoms with van der Waals surface area (Å²) in [6.07, 6.45) is 0. The lowest BCUT2D eigenvalue weighted by atomic mass is 10.2. The first-order valence-electron chi connectivity index (χ1n) is 3.74. The number of ether oxygens (including phenoxy) is 1. The van der Waals surface area contributed by atoms with Gasteiger partial charge in [-0.05, 0) is 17.7 Å². The fourth-order valence-electron chi connectivity index (χ4n) is 1.02. The first kappa shape index (κ1) is 11.0. The van der Waals surface area contributed by atoms with Gasteiger partial charge in [0.25, 0.3) is 10.1 Å². The molecule has 0 aliphatic carbocycles. The van der Waals surface area contributed by atoms with Crippen molar-refractivity contribution in [2.75, 3.05) is 7.11 Å². The van der Waals surface area contributed by atoms with Crippen LogP contribution in [0.15, 0.2) is 23.1 Å². The van der Waals surface area contributed by atoms with Crippen molar-refractivity contribution in [3.05, 3.63) is 23.8 Å². The molecule has 0 radical (unpaired) electrons. The maximum atomic E-state index is 10.9. The Morgan fingerprint density at radius 3 is 2.50 bits per heavy atom. The molecule has 0 spiro atoms. The normalized spacial score (nSPS) is 11.4. The average Bonchev–Trinajstić information content (AvgIpc) is 2.15. The maximum Gasteiger partial charge on any atom is 0.298 e. The predicted molar refractivity (Wildman–Crippen MR) is 48.7 cm³/mol. The minimum absolute atomic E-state index is 0.0460. The number of hydrogen-bond acceptors (Lipinski definition) is 4. The van der Waals surface area contributed by atoms with Crippen molar-refractivity contribution in [1.82, 2.24) is 0 Å². The summed E-state index contributed by atoms with van der Waals surface area (Å²) in [4.78, 5) is -0.341. The lowest BCUT2D eigenvalue weighted by Gasteiger charge is -2.06. The van der Waals surface area contributed by atoms with Gasteiger partial charge >= 0.3 is 0 Å². The van der Waals surface area contributed by atoms with Crippen molar-refractivity contribution < 1.29 is 22.8 Å². The van der Waals surface area contributed by atoms with E-state index in [9.17, 15) is 8.42 Å². The second-order valence-electron chi connectivity index (χ2n) is 2.62. The highest BCUT2D eigenvalue weighted by atomic mass is 32.2. The quantitative estimate of drug-likeness (QED) is 0.719. The maximum absolute atomic E-state index is 10.9. The Kier molecular flexibility index (Phi) is 3.10. The van der Waals surface area contributed by atoms with Gasteiger partial charge in [-0.25, -0.2) is 0 Å². The summed E-state index contributed by atoms with van der Waals surface area (Å²) in [5, 5.41) is 8.77. The summed E-state index contributed by atoms with van der Waals surface area (Å²) in [7, 11) is -3.02. The number of aliphatic hydroxyl groups is 1. The summed E-state index contributed by atoms with van der Waals surface area (Å²) in [6.45, 7) is -0.299. The van der Waals surface area contributed by atoms with Crippen LogP contribution in [0, 0.1) is 0 Å². The SMILES string of the molecule is COc1ccc(CO)cc1S(=O)(=O)O. The van der Waals surface area contributed by atoms with Crippen LogP contribution in [0.4, 0.5) is 0 Å². The molecule has 5 nitrogen and oxygen atoms in total. The smallest absolute Gasteiger partial charge is 0.298 e. The van der Waals surface area contributed by atoms with Gasteiger partial charge in [-0.3, -0.25) is 4.55 Å². The highest BCUT2D eigenvalue weighted by Crippen LogP contribution is 2.24. The minimum atomic E-state index is -4.31. The lowest BCUT2D eigenvalue weighted by molar-refractivity contribution is 0.281. The van der Waals surface area contributed by atoms with Gasteiger partial charge < -0.3 is 9.84 Å². The molecule has 0 heterocycles. The average molecular weight is 218 g/mol.